The highest BCUT2D eigenvalue weighted by molar-refractivity contribution is 6.04. The summed E-state index contributed by atoms with van der Waals surface area (Å²) < 4.78 is 5.64. The van der Waals surface area contributed by atoms with Crippen molar-refractivity contribution in [1.82, 2.24) is 0 Å². The lowest BCUT2D eigenvalue weighted by atomic mass is 10.1. The van der Waals surface area contributed by atoms with Gasteiger partial charge in [-0.15, -0.1) is 0 Å². The summed E-state index contributed by atoms with van der Waals surface area (Å²) in [5, 5.41) is 8.95. The molecular formula is C16H11NO3. The maximum Gasteiger partial charge on any atom is 0.332 e. The number of carboxylic acids is 1. The Kier molecular flexibility index (Phi) is 3.05. The SMILES string of the molecule is O=C(O)/C=C1\OC(c2ccccc2)=Nc2ccccc21. The minimum absolute atomic E-state index is 0.293. The fourth-order valence-electron chi connectivity index (χ4n) is 1.99. The van der Waals surface area contributed by atoms with Crippen molar-refractivity contribution in [3.8, 4) is 0 Å². The van der Waals surface area contributed by atoms with Crippen LogP contribution in [0, 0.1) is 0 Å². The Morgan fingerprint density at radius 3 is 2.50 bits per heavy atom. The molecule has 1 aliphatic heterocycles. The van der Waals surface area contributed by atoms with Crippen molar-refractivity contribution in [2.75, 3.05) is 0 Å². The van der Waals surface area contributed by atoms with Gasteiger partial charge in [0.2, 0.25) is 5.90 Å². The zero-order valence-corrected chi connectivity index (χ0v) is 10.5. The van der Waals surface area contributed by atoms with Crippen molar-refractivity contribution in [2.24, 2.45) is 4.99 Å². The van der Waals surface area contributed by atoms with E-state index in [1.807, 2.05) is 48.5 Å². The Morgan fingerprint density at radius 1 is 1.05 bits per heavy atom. The fraction of sp³-hybridized carbons (Fsp3) is 0. The lowest BCUT2D eigenvalue weighted by Gasteiger charge is -2.19. The fourth-order valence-corrected chi connectivity index (χ4v) is 1.99. The Bertz CT molecular complexity index is 718. The molecule has 0 atom stereocenters. The molecule has 0 amide bonds. The minimum Gasteiger partial charge on any atom is -0.478 e. The second-order valence-corrected chi connectivity index (χ2v) is 4.25. The molecule has 0 aliphatic carbocycles. The van der Waals surface area contributed by atoms with E-state index in [9.17, 15) is 4.79 Å². The summed E-state index contributed by atoms with van der Waals surface area (Å²) in [6, 6.07) is 16.7. The molecule has 0 bridgehead atoms. The van der Waals surface area contributed by atoms with Gasteiger partial charge in [-0.3, -0.25) is 0 Å². The summed E-state index contributed by atoms with van der Waals surface area (Å²) >= 11 is 0. The zero-order valence-electron chi connectivity index (χ0n) is 10.5. The van der Waals surface area contributed by atoms with E-state index in [4.69, 9.17) is 9.84 Å². The van der Waals surface area contributed by atoms with E-state index in [0.717, 1.165) is 11.6 Å². The molecule has 0 saturated carbocycles. The monoisotopic (exact) mass is 265 g/mol. The maximum absolute atomic E-state index is 10.9. The van der Waals surface area contributed by atoms with Gasteiger partial charge in [-0.25, -0.2) is 9.79 Å². The number of carboxylic acid groups (broad SMARTS) is 1. The Balaban J connectivity index is 2.13. The quantitative estimate of drug-likeness (QED) is 0.848. The number of fused-ring (bicyclic) bond motifs is 1. The predicted octanol–water partition coefficient (Wildman–Crippen LogP) is 3.22. The summed E-state index contributed by atoms with van der Waals surface area (Å²) in [6.07, 6.45) is 1.05. The lowest BCUT2D eigenvalue weighted by molar-refractivity contribution is -0.131. The third kappa shape index (κ3) is 2.31. The number of rotatable bonds is 2. The van der Waals surface area contributed by atoms with Gasteiger partial charge in [-0.2, -0.15) is 0 Å². The van der Waals surface area contributed by atoms with Crippen LogP contribution in [0.2, 0.25) is 0 Å². The summed E-state index contributed by atoms with van der Waals surface area (Å²) in [5.74, 6) is -0.358. The van der Waals surface area contributed by atoms with Gasteiger partial charge in [-0.1, -0.05) is 30.3 Å². The van der Waals surface area contributed by atoms with Crippen LogP contribution in [0.4, 0.5) is 5.69 Å². The first-order valence-corrected chi connectivity index (χ1v) is 6.10. The third-order valence-corrected chi connectivity index (χ3v) is 2.87. The van der Waals surface area contributed by atoms with Crippen LogP contribution in [0.5, 0.6) is 0 Å². The van der Waals surface area contributed by atoms with E-state index >= 15 is 0 Å². The first-order valence-electron chi connectivity index (χ1n) is 6.10. The van der Waals surface area contributed by atoms with Crippen LogP contribution in [0.15, 0.2) is 65.7 Å². The smallest absolute Gasteiger partial charge is 0.332 e. The van der Waals surface area contributed by atoms with Crippen molar-refractivity contribution in [3.05, 3.63) is 71.8 Å². The molecule has 0 saturated heterocycles. The molecule has 3 rings (SSSR count). The number of aliphatic carboxylic acids is 1. The van der Waals surface area contributed by atoms with E-state index < -0.39 is 5.97 Å². The number of benzene rings is 2. The molecular weight excluding hydrogens is 254 g/mol. The van der Waals surface area contributed by atoms with Crippen LogP contribution in [0.1, 0.15) is 11.1 Å². The van der Waals surface area contributed by atoms with Crippen LogP contribution < -0.4 is 0 Å². The Hall–Kier alpha value is -2.88. The van der Waals surface area contributed by atoms with E-state index in [2.05, 4.69) is 4.99 Å². The minimum atomic E-state index is -1.05. The second-order valence-electron chi connectivity index (χ2n) is 4.25. The summed E-state index contributed by atoms with van der Waals surface area (Å²) in [6.45, 7) is 0. The summed E-state index contributed by atoms with van der Waals surface area (Å²) in [4.78, 5) is 15.4. The largest absolute Gasteiger partial charge is 0.478 e. The number of hydrogen-bond donors (Lipinski definition) is 1. The van der Waals surface area contributed by atoms with Gasteiger partial charge in [0.1, 0.15) is 5.76 Å². The van der Waals surface area contributed by atoms with Gasteiger partial charge in [-0.05, 0) is 24.3 Å². The van der Waals surface area contributed by atoms with Crippen LogP contribution in [-0.2, 0) is 9.53 Å². The molecule has 0 aromatic heterocycles. The normalized spacial score (nSPS) is 15.2. The molecule has 98 valence electrons. The summed E-state index contributed by atoms with van der Waals surface area (Å²) in [7, 11) is 0. The highest BCUT2D eigenvalue weighted by Crippen LogP contribution is 2.33. The third-order valence-electron chi connectivity index (χ3n) is 2.87. The number of aliphatic imine (C=N–C) groups is 1. The Labute approximate surface area is 115 Å². The number of para-hydroxylation sites is 1. The second kappa shape index (κ2) is 5.01. The van der Waals surface area contributed by atoms with E-state index in [1.54, 1.807) is 6.07 Å². The van der Waals surface area contributed by atoms with Crippen LogP contribution in [0.25, 0.3) is 5.76 Å². The average molecular weight is 265 g/mol. The zero-order chi connectivity index (χ0) is 13.9. The molecule has 1 aliphatic rings. The number of carbonyl (C=O) groups is 1. The van der Waals surface area contributed by atoms with Gasteiger partial charge < -0.3 is 9.84 Å². The number of ether oxygens (including phenoxy) is 1. The first kappa shape index (κ1) is 12.2. The lowest BCUT2D eigenvalue weighted by Crippen LogP contribution is -2.11. The van der Waals surface area contributed by atoms with Crippen molar-refractivity contribution < 1.29 is 14.6 Å². The summed E-state index contributed by atoms with van der Waals surface area (Å²) in [5.41, 5.74) is 2.18. The predicted molar refractivity (Wildman–Crippen MR) is 75.8 cm³/mol. The van der Waals surface area contributed by atoms with Gasteiger partial charge in [0.15, 0.2) is 0 Å². The Morgan fingerprint density at radius 2 is 1.75 bits per heavy atom. The number of nitrogens with zero attached hydrogens (tertiary/aromatic N) is 1. The maximum atomic E-state index is 10.9. The molecule has 1 N–H and O–H groups in total. The topological polar surface area (TPSA) is 58.9 Å². The van der Waals surface area contributed by atoms with Gasteiger partial charge in [0.05, 0.1) is 11.8 Å². The van der Waals surface area contributed by atoms with Crippen LogP contribution in [0.3, 0.4) is 0 Å². The molecule has 1 heterocycles. The molecule has 0 radical (unpaired) electrons. The molecule has 0 unspecified atom stereocenters. The van der Waals surface area contributed by atoms with E-state index in [-0.39, 0.29) is 0 Å². The van der Waals surface area contributed by atoms with Crippen molar-refractivity contribution in [2.45, 2.75) is 0 Å². The van der Waals surface area contributed by atoms with Gasteiger partial charge >= 0.3 is 5.97 Å². The van der Waals surface area contributed by atoms with Crippen molar-refractivity contribution in [1.29, 1.82) is 0 Å². The standard InChI is InChI=1S/C16H11NO3/c18-15(19)10-14-12-8-4-5-9-13(12)17-16(20-14)11-6-2-1-3-7-11/h1-10H,(H,18,19)/b14-10-. The van der Waals surface area contributed by atoms with E-state index in [1.165, 1.54) is 0 Å². The first-order chi connectivity index (χ1) is 9.74. The van der Waals surface area contributed by atoms with Gasteiger partial charge in [0.25, 0.3) is 0 Å². The molecule has 4 heteroatoms. The molecule has 2 aromatic carbocycles. The van der Waals surface area contributed by atoms with Crippen molar-refractivity contribution >= 4 is 23.3 Å². The van der Waals surface area contributed by atoms with Gasteiger partial charge in [0, 0.05) is 11.1 Å². The molecule has 20 heavy (non-hydrogen) atoms. The average Bonchev–Trinajstić information content (AvgIpc) is 2.47. The molecule has 0 spiro atoms. The highest BCUT2D eigenvalue weighted by Gasteiger charge is 2.20. The van der Waals surface area contributed by atoms with Crippen LogP contribution >= 0.6 is 0 Å². The van der Waals surface area contributed by atoms with Crippen LogP contribution in [-0.4, -0.2) is 17.0 Å². The molecule has 2 aromatic rings. The van der Waals surface area contributed by atoms with Crippen molar-refractivity contribution in [3.63, 3.8) is 0 Å². The van der Waals surface area contributed by atoms with E-state index in [0.29, 0.717) is 22.9 Å². The highest BCUT2D eigenvalue weighted by atomic mass is 16.5. The molecule has 4 nitrogen and oxygen atoms in total. The molecule has 0 fully saturated rings. The number of hydrogen-bond acceptors (Lipinski definition) is 3.